The maximum absolute atomic E-state index is 13.3. The number of hydrogen-bond donors (Lipinski definition) is 1. The summed E-state index contributed by atoms with van der Waals surface area (Å²) in [5.41, 5.74) is 7.90. The molecule has 1 saturated heterocycles. The van der Waals surface area contributed by atoms with Crippen molar-refractivity contribution in [2.45, 2.75) is 64.5 Å². The molecule has 2 aromatic rings. The number of hydrogen-bond acceptors (Lipinski definition) is 5. The highest BCUT2D eigenvalue weighted by atomic mass is 19.1. The van der Waals surface area contributed by atoms with Gasteiger partial charge in [-0.2, -0.15) is 4.98 Å². The van der Waals surface area contributed by atoms with Gasteiger partial charge in [-0.1, -0.05) is 19.8 Å². The summed E-state index contributed by atoms with van der Waals surface area (Å²) >= 11 is 0. The minimum atomic E-state index is -0.302. The van der Waals surface area contributed by atoms with E-state index in [1.807, 2.05) is 17.9 Å². The largest absolute Gasteiger partial charge is 0.473 e. The summed E-state index contributed by atoms with van der Waals surface area (Å²) in [6, 6.07) is 8.05. The monoisotopic (exact) mass is 440 g/mol. The maximum atomic E-state index is 13.3. The van der Waals surface area contributed by atoms with E-state index < -0.39 is 0 Å². The van der Waals surface area contributed by atoms with Crippen molar-refractivity contribution >= 4 is 17.6 Å². The lowest BCUT2D eigenvalue weighted by molar-refractivity contribution is 0.0882. The van der Waals surface area contributed by atoms with Crippen LogP contribution in [-0.4, -0.2) is 52.6 Å². The number of nitrogens with zero attached hydrogens (tertiary/aromatic N) is 5. The molecule has 0 radical (unpaired) electrons. The molecule has 1 aliphatic carbocycles. The van der Waals surface area contributed by atoms with Crippen LogP contribution in [0.2, 0.25) is 0 Å². The molecule has 172 valence electrons. The van der Waals surface area contributed by atoms with Crippen molar-refractivity contribution in [1.82, 2.24) is 14.9 Å². The van der Waals surface area contributed by atoms with Gasteiger partial charge in [0.05, 0.1) is 5.69 Å². The van der Waals surface area contributed by atoms with Gasteiger partial charge in [0.25, 0.3) is 0 Å². The topological polar surface area (TPSA) is 79.9 Å². The second kappa shape index (κ2) is 10.3. The molecule has 8 heteroatoms. The van der Waals surface area contributed by atoms with Crippen LogP contribution in [0.5, 0.6) is 5.88 Å². The lowest BCUT2D eigenvalue weighted by Gasteiger charge is -2.32. The summed E-state index contributed by atoms with van der Waals surface area (Å²) in [4.78, 5) is 18.3. The standard InChI is InChI=1S/C24H33FN6O/c1-3-30-14-6-9-21(16-30)32-22-15-17(2)27-24(29-22)31(20-7-4-5-8-20)23(26)28-19-12-10-18(25)11-13-19/h10-13,15,20-21H,3-9,14,16H2,1-2H3,(H2,26,28). The molecule has 0 amide bonds. The maximum Gasteiger partial charge on any atom is 0.236 e. The van der Waals surface area contributed by atoms with Crippen molar-refractivity contribution in [1.29, 1.82) is 0 Å². The zero-order chi connectivity index (χ0) is 22.5. The van der Waals surface area contributed by atoms with Crippen molar-refractivity contribution in [3.8, 4) is 5.88 Å². The zero-order valence-electron chi connectivity index (χ0n) is 19.0. The first-order valence-electron chi connectivity index (χ1n) is 11.7. The smallest absolute Gasteiger partial charge is 0.236 e. The fraction of sp³-hybridized carbons (Fsp3) is 0.542. The van der Waals surface area contributed by atoms with Crippen LogP contribution in [0.1, 0.15) is 51.1 Å². The summed E-state index contributed by atoms with van der Waals surface area (Å²) in [5, 5.41) is 0. The van der Waals surface area contributed by atoms with Crippen molar-refractivity contribution in [3.05, 3.63) is 41.8 Å². The number of nitrogens with two attached hydrogens (primary N) is 1. The first-order chi connectivity index (χ1) is 15.5. The van der Waals surface area contributed by atoms with Gasteiger partial charge < -0.3 is 10.5 Å². The summed E-state index contributed by atoms with van der Waals surface area (Å²) in [6.45, 7) is 7.18. The summed E-state index contributed by atoms with van der Waals surface area (Å²) in [7, 11) is 0. The van der Waals surface area contributed by atoms with Crippen LogP contribution in [0.3, 0.4) is 0 Å². The van der Waals surface area contributed by atoms with Gasteiger partial charge in [-0.15, -0.1) is 0 Å². The van der Waals surface area contributed by atoms with Crippen molar-refractivity contribution in [2.24, 2.45) is 10.7 Å². The van der Waals surface area contributed by atoms with Crippen LogP contribution >= 0.6 is 0 Å². The van der Waals surface area contributed by atoms with Gasteiger partial charge in [0.15, 0.2) is 0 Å². The summed E-state index contributed by atoms with van der Waals surface area (Å²) in [6.07, 6.45) is 6.54. The molecular formula is C24H33FN6O. The van der Waals surface area contributed by atoms with Gasteiger partial charge >= 0.3 is 0 Å². The Bertz CT molecular complexity index is 929. The number of guanidine groups is 1. The lowest BCUT2D eigenvalue weighted by atomic mass is 10.1. The van der Waals surface area contributed by atoms with E-state index in [9.17, 15) is 4.39 Å². The van der Waals surface area contributed by atoms with Gasteiger partial charge in [0.1, 0.15) is 11.9 Å². The average Bonchev–Trinajstić information content (AvgIpc) is 3.29. The second-order valence-corrected chi connectivity index (χ2v) is 8.68. The molecule has 0 spiro atoms. The number of halogens is 1. The van der Waals surface area contributed by atoms with Crippen LogP contribution in [0.15, 0.2) is 35.3 Å². The van der Waals surface area contributed by atoms with Crippen molar-refractivity contribution in [3.63, 3.8) is 0 Å². The van der Waals surface area contributed by atoms with Crippen LogP contribution in [0.4, 0.5) is 16.0 Å². The Kier molecular flexibility index (Phi) is 7.19. The van der Waals surface area contributed by atoms with Crippen molar-refractivity contribution < 1.29 is 9.13 Å². The fourth-order valence-corrected chi connectivity index (χ4v) is 4.58. The number of aliphatic imine (C=N–C) groups is 1. The van der Waals surface area contributed by atoms with Gasteiger partial charge in [-0.25, -0.2) is 14.4 Å². The Labute approximate surface area is 189 Å². The molecule has 1 atom stereocenters. The van der Waals surface area contributed by atoms with Crippen LogP contribution < -0.4 is 15.4 Å². The molecule has 2 heterocycles. The molecule has 1 aliphatic heterocycles. The average molecular weight is 441 g/mol. The summed E-state index contributed by atoms with van der Waals surface area (Å²) in [5.74, 6) is 1.10. The molecule has 2 N–H and O–H groups in total. The van der Waals surface area contributed by atoms with Gasteiger partial charge in [-0.05, 0) is 70.0 Å². The highest BCUT2D eigenvalue weighted by Gasteiger charge is 2.29. The van der Waals surface area contributed by atoms with E-state index in [0.717, 1.165) is 63.9 Å². The first kappa shape index (κ1) is 22.5. The Morgan fingerprint density at radius 1 is 1.19 bits per heavy atom. The van der Waals surface area contributed by atoms with Crippen molar-refractivity contribution in [2.75, 3.05) is 24.5 Å². The number of rotatable bonds is 6. The molecule has 0 bridgehead atoms. The molecule has 1 aromatic carbocycles. The Morgan fingerprint density at radius 3 is 2.66 bits per heavy atom. The lowest BCUT2D eigenvalue weighted by Crippen LogP contribution is -2.45. The third-order valence-corrected chi connectivity index (χ3v) is 6.24. The Balaban J connectivity index is 1.61. The number of piperidine rings is 1. The van der Waals surface area contributed by atoms with E-state index in [1.165, 1.54) is 12.1 Å². The van der Waals surface area contributed by atoms with Gasteiger partial charge in [0, 0.05) is 24.3 Å². The normalized spacial score (nSPS) is 20.5. The van der Waals surface area contributed by atoms with E-state index in [1.54, 1.807) is 12.1 Å². The SMILES string of the molecule is CCN1CCCC(Oc2cc(C)nc(N(C(N)=Nc3ccc(F)cc3)C3CCCC3)n2)C1. The minimum Gasteiger partial charge on any atom is -0.473 e. The van der Waals surface area contributed by atoms with E-state index >= 15 is 0 Å². The quantitative estimate of drug-likeness (QED) is 0.536. The van der Waals surface area contributed by atoms with Crippen LogP contribution in [0, 0.1) is 12.7 Å². The minimum absolute atomic E-state index is 0.121. The first-order valence-corrected chi connectivity index (χ1v) is 11.7. The second-order valence-electron chi connectivity index (χ2n) is 8.68. The highest BCUT2D eigenvalue weighted by molar-refractivity contribution is 5.95. The number of benzene rings is 1. The third kappa shape index (κ3) is 5.54. The summed E-state index contributed by atoms with van der Waals surface area (Å²) < 4.78 is 19.6. The highest BCUT2D eigenvalue weighted by Crippen LogP contribution is 2.29. The molecule has 2 aliphatic rings. The molecule has 7 nitrogen and oxygen atoms in total. The Morgan fingerprint density at radius 2 is 1.94 bits per heavy atom. The predicted molar refractivity (Wildman–Crippen MR) is 125 cm³/mol. The van der Waals surface area contributed by atoms with Gasteiger partial charge in [0.2, 0.25) is 17.8 Å². The molecule has 2 fully saturated rings. The number of ether oxygens (including phenoxy) is 1. The molecule has 4 rings (SSSR count). The Hall–Kier alpha value is -2.74. The number of aryl methyl sites for hydroxylation is 1. The number of likely N-dealkylation sites (N-methyl/N-ethyl adjacent to an activating group) is 1. The molecular weight excluding hydrogens is 407 g/mol. The predicted octanol–water partition coefficient (Wildman–Crippen LogP) is 4.18. The van der Waals surface area contributed by atoms with Crippen LogP contribution in [0.25, 0.3) is 0 Å². The van der Waals surface area contributed by atoms with E-state index in [0.29, 0.717) is 23.5 Å². The molecule has 1 saturated carbocycles. The number of likely N-dealkylation sites (tertiary alicyclic amines) is 1. The van der Waals surface area contributed by atoms with E-state index in [-0.39, 0.29) is 18.0 Å². The molecule has 1 unspecified atom stereocenters. The van der Waals surface area contributed by atoms with Crippen LogP contribution in [-0.2, 0) is 0 Å². The van der Waals surface area contributed by atoms with E-state index in [2.05, 4.69) is 21.8 Å². The third-order valence-electron chi connectivity index (χ3n) is 6.24. The number of aromatic nitrogens is 2. The zero-order valence-corrected chi connectivity index (χ0v) is 19.0. The molecule has 32 heavy (non-hydrogen) atoms. The van der Waals surface area contributed by atoms with E-state index in [4.69, 9.17) is 15.5 Å². The van der Waals surface area contributed by atoms with Gasteiger partial charge in [-0.3, -0.25) is 9.80 Å². The fourth-order valence-electron chi connectivity index (χ4n) is 4.58. The molecule has 1 aromatic heterocycles. The number of anilines is 1.